The highest BCUT2D eigenvalue weighted by atomic mass is 19.4. The molecule has 172 valence electrons. The Kier molecular flexibility index (Phi) is 7.04. The van der Waals surface area contributed by atoms with Gasteiger partial charge in [0.15, 0.2) is 0 Å². The van der Waals surface area contributed by atoms with Crippen molar-refractivity contribution in [3.63, 3.8) is 0 Å². The van der Waals surface area contributed by atoms with Crippen LogP contribution >= 0.6 is 0 Å². The van der Waals surface area contributed by atoms with Crippen molar-refractivity contribution < 1.29 is 26.3 Å². The molecular weight excluding hydrogens is 488 g/mol. The van der Waals surface area contributed by atoms with Crippen molar-refractivity contribution in [2.45, 2.75) is 12.4 Å². The standard InChI is InChI=1S/C23H3F6N7/c24-22(25,26)18-3-14(6-32)21(23(27,28)29)17(10-36)20(18)16(9-35)11-1-12(4-30)19(13(2-11)5-31)15(7-33)8-34/h1-3H. The lowest BCUT2D eigenvalue weighted by Gasteiger charge is -2.19. The zero-order chi connectivity index (χ0) is 27.4. The van der Waals surface area contributed by atoms with Crippen molar-refractivity contribution in [3.05, 3.63) is 67.6 Å². The van der Waals surface area contributed by atoms with Crippen molar-refractivity contribution >= 4 is 11.1 Å². The molecule has 0 bridgehead atoms. The van der Waals surface area contributed by atoms with Crippen LogP contribution in [0.25, 0.3) is 11.1 Å². The molecule has 0 aliphatic rings. The van der Waals surface area contributed by atoms with E-state index in [0.717, 1.165) is 12.1 Å². The van der Waals surface area contributed by atoms with Crippen LogP contribution in [0.15, 0.2) is 18.2 Å². The smallest absolute Gasteiger partial charge is 0.192 e. The van der Waals surface area contributed by atoms with Gasteiger partial charge in [0, 0.05) is 10.8 Å². The summed E-state index contributed by atoms with van der Waals surface area (Å²) >= 11 is 0. The maximum Gasteiger partial charge on any atom is 0.418 e. The average Bonchev–Trinajstić information content (AvgIpc) is 2.83. The minimum Gasteiger partial charge on any atom is -0.192 e. The molecule has 0 N–H and O–H groups in total. The van der Waals surface area contributed by atoms with Crippen LogP contribution in [-0.4, -0.2) is 0 Å². The minimum absolute atomic E-state index is 0.154. The number of nitriles is 7. The molecule has 0 fully saturated rings. The van der Waals surface area contributed by atoms with Gasteiger partial charge >= 0.3 is 12.4 Å². The van der Waals surface area contributed by atoms with Gasteiger partial charge in [-0.15, -0.1) is 0 Å². The Morgan fingerprint density at radius 2 is 1.11 bits per heavy atom. The summed E-state index contributed by atoms with van der Waals surface area (Å²) in [6.07, 6.45) is -10.9. The topological polar surface area (TPSA) is 167 Å². The lowest BCUT2D eigenvalue weighted by molar-refractivity contribution is -0.141. The van der Waals surface area contributed by atoms with Crippen LogP contribution < -0.4 is 10.4 Å². The molecule has 0 atom stereocenters. The molecule has 2 aromatic carbocycles. The quantitative estimate of drug-likeness (QED) is 0.552. The van der Waals surface area contributed by atoms with Crippen LogP contribution in [0.3, 0.4) is 0 Å². The van der Waals surface area contributed by atoms with E-state index < -0.39 is 72.9 Å². The number of benzene rings is 2. The molecule has 7 nitrogen and oxygen atoms in total. The Balaban J connectivity index is 3.44. The molecule has 13 heteroatoms. The van der Waals surface area contributed by atoms with Crippen LogP contribution in [0.1, 0.15) is 38.9 Å². The van der Waals surface area contributed by atoms with Crippen LogP contribution in [0.5, 0.6) is 0 Å². The summed E-state index contributed by atoms with van der Waals surface area (Å²) in [7, 11) is 0. The van der Waals surface area contributed by atoms with E-state index in [0.29, 0.717) is 12.1 Å². The molecule has 0 aliphatic heterocycles. The van der Waals surface area contributed by atoms with E-state index in [1.165, 1.54) is 30.3 Å². The van der Waals surface area contributed by atoms with Gasteiger partial charge in [-0.25, -0.2) is 0 Å². The second kappa shape index (κ2) is 9.59. The van der Waals surface area contributed by atoms with E-state index in [1.807, 2.05) is 0 Å². The van der Waals surface area contributed by atoms with E-state index in [2.05, 4.69) is 0 Å². The van der Waals surface area contributed by atoms with Crippen LogP contribution in [0.2, 0.25) is 0 Å². The van der Waals surface area contributed by atoms with Gasteiger partial charge in [0.05, 0.1) is 57.2 Å². The first-order chi connectivity index (χ1) is 16.8. The first-order valence-electron chi connectivity index (χ1n) is 8.93. The molecule has 0 saturated heterocycles. The molecule has 0 amide bonds. The minimum atomic E-state index is -5.47. The number of alkyl halides is 6. The molecule has 2 rings (SSSR count). The summed E-state index contributed by atoms with van der Waals surface area (Å²) in [5.74, 6) is 0. The fourth-order valence-corrected chi connectivity index (χ4v) is 3.29. The van der Waals surface area contributed by atoms with E-state index in [4.69, 9.17) is 15.8 Å². The third kappa shape index (κ3) is 4.48. The second-order valence-corrected chi connectivity index (χ2v) is 6.57. The molecule has 0 heterocycles. The molecule has 0 aromatic heterocycles. The predicted molar refractivity (Wildman–Crippen MR) is 104 cm³/mol. The van der Waals surface area contributed by atoms with Crippen molar-refractivity contribution in [1.82, 2.24) is 0 Å². The lowest BCUT2D eigenvalue weighted by Crippen LogP contribution is -2.24. The SMILES string of the molecule is N#CC(c1c(C(F)(F)F)cc(C#N)c(C(F)(F)F)c1C#N)=c1cc(C#N)c(=C(C#N)C#N)c(C#N)c1. The van der Waals surface area contributed by atoms with Gasteiger partial charge in [0.25, 0.3) is 0 Å². The van der Waals surface area contributed by atoms with Gasteiger partial charge in [0.1, 0.15) is 29.8 Å². The Morgan fingerprint density at radius 3 is 1.44 bits per heavy atom. The maximum atomic E-state index is 13.9. The molecule has 0 radical (unpaired) electrons. The van der Waals surface area contributed by atoms with Gasteiger partial charge in [-0.05, 0) is 23.4 Å². The second-order valence-electron chi connectivity index (χ2n) is 6.57. The Morgan fingerprint density at radius 1 is 0.611 bits per heavy atom. The van der Waals surface area contributed by atoms with Gasteiger partial charge in [-0.2, -0.15) is 63.2 Å². The average molecular weight is 491 g/mol. The zero-order valence-electron chi connectivity index (χ0n) is 17.1. The predicted octanol–water partition coefficient (Wildman–Crippen LogP) is 3.13. The highest BCUT2D eigenvalue weighted by Crippen LogP contribution is 2.43. The van der Waals surface area contributed by atoms with Crippen molar-refractivity contribution in [3.8, 4) is 42.5 Å². The molecule has 36 heavy (non-hydrogen) atoms. The third-order valence-electron chi connectivity index (χ3n) is 4.65. The van der Waals surface area contributed by atoms with Gasteiger partial charge in [-0.3, -0.25) is 0 Å². The summed E-state index contributed by atoms with van der Waals surface area (Å²) in [5, 5.41) is 64.0. The normalized spacial score (nSPS) is 10.3. The Bertz CT molecular complexity index is 1670. The summed E-state index contributed by atoms with van der Waals surface area (Å²) in [5.41, 5.74) is -11.8. The third-order valence-corrected chi connectivity index (χ3v) is 4.65. The van der Waals surface area contributed by atoms with E-state index in [9.17, 15) is 47.4 Å². The number of nitrogens with zero attached hydrogens (tertiary/aromatic N) is 7. The number of hydrogen-bond donors (Lipinski definition) is 0. The largest absolute Gasteiger partial charge is 0.418 e. The van der Waals surface area contributed by atoms with E-state index >= 15 is 0 Å². The van der Waals surface area contributed by atoms with E-state index in [1.54, 1.807) is 0 Å². The Labute approximate surface area is 197 Å². The maximum absolute atomic E-state index is 13.9. The lowest BCUT2D eigenvalue weighted by atomic mass is 9.86. The van der Waals surface area contributed by atoms with Gasteiger partial charge in [-0.1, -0.05) is 0 Å². The first kappa shape index (κ1) is 26.4. The van der Waals surface area contributed by atoms with Crippen molar-refractivity contribution in [2.75, 3.05) is 0 Å². The number of hydrogen-bond acceptors (Lipinski definition) is 7. The van der Waals surface area contributed by atoms with Crippen molar-refractivity contribution in [1.29, 1.82) is 36.8 Å². The Hall–Kier alpha value is -5.81. The summed E-state index contributed by atoms with van der Waals surface area (Å²) in [6.45, 7) is 0. The molecule has 2 aromatic rings. The monoisotopic (exact) mass is 491 g/mol. The van der Waals surface area contributed by atoms with Gasteiger partial charge < -0.3 is 0 Å². The molecular formula is C23H3F6N7. The number of rotatable bonds is 1. The van der Waals surface area contributed by atoms with Crippen molar-refractivity contribution in [2.24, 2.45) is 0 Å². The highest BCUT2D eigenvalue weighted by molar-refractivity contribution is 5.85. The summed E-state index contributed by atoms with van der Waals surface area (Å²) in [4.78, 5) is 0. The fourth-order valence-electron chi connectivity index (χ4n) is 3.29. The first-order valence-corrected chi connectivity index (χ1v) is 8.93. The molecule has 0 spiro atoms. The van der Waals surface area contributed by atoms with E-state index in [-0.39, 0.29) is 6.07 Å². The molecule has 0 saturated carbocycles. The van der Waals surface area contributed by atoms with Crippen LogP contribution in [0.4, 0.5) is 26.3 Å². The molecule has 0 unspecified atom stereocenters. The fraction of sp³-hybridized carbons (Fsp3) is 0.0870. The number of halogens is 6. The summed E-state index contributed by atoms with van der Waals surface area (Å²) < 4.78 is 82.7. The molecule has 0 aliphatic carbocycles. The zero-order valence-corrected chi connectivity index (χ0v) is 17.1. The summed E-state index contributed by atoms with van der Waals surface area (Å²) in [6, 6.07) is 10.3. The van der Waals surface area contributed by atoms with Crippen LogP contribution in [-0.2, 0) is 12.4 Å². The highest BCUT2D eigenvalue weighted by Gasteiger charge is 2.44. The van der Waals surface area contributed by atoms with Gasteiger partial charge in [0.2, 0.25) is 0 Å². The van der Waals surface area contributed by atoms with Crippen LogP contribution in [0, 0.1) is 79.3 Å².